The van der Waals surface area contributed by atoms with E-state index in [0.717, 1.165) is 10.9 Å². The van der Waals surface area contributed by atoms with Gasteiger partial charge in [-0.3, -0.25) is 0 Å². The second-order valence-corrected chi connectivity index (χ2v) is 5.51. The van der Waals surface area contributed by atoms with Crippen molar-refractivity contribution in [2.75, 3.05) is 0 Å². The Balaban J connectivity index is 2.23. The standard InChI is InChI=1S/C15H16BrN/c1-15(17,13-7-3-2-4-8-13)11-12-6-5-9-14(16)10-12/h2-10H,11,17H2,1H3/t15-/m1/s1. The summed E-state index contributed by atoms with van der Waals surface area (Å²) in [5.74, 6) is 0. The smallest absolute Gasteiger partial charge is 0.0421 e. The third-order valence-electron chi connectivity index (χ3n) is 2.89. The van der Waals surface area contributed by atoms with Crippen LogP contribution in [-0.4, -0.2) is 0 Å². The Labute approximate surface area is 111 Å². The van der Waals surface area contributed by atoms with Gasteiger partial charge in [0, 0.05) is 10.0 Å². The van der Waals surface area contributed by atoms with Gasteiger partial charge in [0.05, 0.1) is 0 Å². The van der Waals surface area contributed by atoms with Gasteiger partial charge in [-0.1, -0.05) is 58.4 Å². The number of halogens is 1. The van der Waals surface area contributed by atoms with Crippen LogP contribution in [0.3, 0.4) is 0 Å². The molecule has 2 aromatic rings. The van der Waals surface area contributed by atoms with Crippen molar-refractivity contribution in [3.63, 3.8) is 0 Å². The minimum absolute atomic E-state index is 0.331. The van der Waals surface area contributed by atoms with Gasteiger partial charge < -0.3 is 5.73 Å². The van der Waals surface area contributed by atoms with Gasteiger partial charge >= 0.3 is 0 Å². The Morgan fingerprint density at radius 1 is 1.06 bits per heavy atom. The topological polar surface area (TPSA) is 26.0 Å². The zero-order chi connectivity index (χ0) is 12.3. The molecule has 0 saturated heterocycles. The van der Waals surface area contributed by atoms with E-state index < -0.39 is 0 Å². The molecule has 0 fully saturated rings. The summed E-state index contributed by atoms with van der Waals surface area (Å²) in [6.07, 6.45) is 0.830. The zero-order valence-corrected chi connectivity index (χ0v) is 11.4. The summed E-state index contributed by atoms with van der Waals surface area (Å²) in [6.45, 7) is 2.07. The van der Waals surface area contributed by atoms with Crippen molar-refractivity contribution in [1.29, 1.82) is 0 Å². The number of hydrogen-bond donors (Lipinski definition) is 1. The van der Waals surface area contributed by atoms with Gasteiger partial charge in [0.2, 0.25) is 0 Å². The van der Waals surface area contributed by atoms with Crippen molar-refractivity contribution in [2.45, 2.75) is 18.9 Å². The van der Waals surface area contributed by atoms with Gasteiger partial charge in [0.1, 0.15) is 0 Å². The van der Waals surface area contributed by atoms with E-state index in [2.05, 4.69) is 47.1 Å². The van der Waals surface area contributed by atoms with Crippen molar-refractivity contribution in [1.82, 2.24) is 0 Å². The maximum absolute atomic E-state index is 6.40. The Bertz CT molecular complexity index is 491. The molecule has 1 atom stereocenters. The van der Waals surface area contributed by atoms with Crippen LogP contribution in [-0.2, 0) is 12.0 Å². The predicted molar refractivity (Wildman–Crippen MR) is 75.8 cm³/mol. The monoisotopic (exact) mass is 289 g/mol. The molecule has 0 unspecified atom stereocenters. The lowest BCUT2D eigenvalue weighted by Gasteiger charge is -2.25. The average Bonchev–Trinajstić information content (AvgIpc) is 2.29. The molecule has 0 aromatic heterocycles. The highest BCUT2D eigenvalue weighted by atomic mass is 79.9. The number of benzene rings is 2. The van der Waals surface area contributed by atoms with Crippen molar-refractivity contribution in [3.8, 4) is 0 Å². The third kappa shape index (κ3) is 3.18. The van der Waals surface area contributed by atoms with Crippen molar-refractivity contribution in [2.24, 2.45) is 5.73 Å². The molecular weight excluding hydrogens is 274 g/mol. The van der Waals surface area contributed by atoms with Crippen LogP contribution in [0.25, 0.3) is 0 Å². The summed E-state index contributed by atoms with van der Waals surface area (Å²) < 4.78 is 1.10. The number of rotatable bonds is 3. The lowest BCUT2D eigenvalue weighted by atomic mass is 9.87. The number of hydrogen-bond acceptors (Lipinski definition) is 1. The summed E-state index contributed by atoms with van der Waals surface area (Å²) in [6, 6.07) is 18.5. The normalized spacial score (nSPS) is 14.3. The van der Waals surface area contributed by atoms with Crippen LogP contribution in [0.1, 0.15) is 18.1 Å². The van der Waals surface area contributed by atoms with Crippen LogP contribution >= 0.6 is 15.9 Å². The largest absolute Gasteiger partial charge is 0.321 e. The molecule has 0 saturated carbocycles. The Kier molecular flexibility index (Phi) is 3.65. The summed E-state index contributed by atoms with van der Waals surface area (Å²) in [5, 5.41) is 0. The fourth-order valence-corrected chi connectivity index (χ4v) is 2.44. The van der Waals surface area contributed by atoms with Gasteiger partial charge in [0.15, 0.2) is 0 Å². The second-order valence-electron chi connectivity index (χ2n) is 4.59. The van der Waals surface area contributed by atoms with E-state index in [9.17, 15) is 0 Å². The van der Waals surface area contributed by atoms with E-state index in [0.29, 0.717) is 0 Å². The van der Waals surface area contributed by atoms with Gasteiger partial charge in [-0.05, 0) is 36.6 Å². The van der Waals surface area contributed by atoms with Crippen LogP contribution in [0.2, 0.25) is 0 Å². The first-order valence-electron chi connectivity index (χ1n) is 5.67. The Morgan fingerprint density at radius 2 is 1.76 bits per heavy atom. The minimum atomic E-state index is -0.331. The van der Waals surface area contributed by atoms with Gasteiger partial charge in [-0.2, -0.15) is 0 Å². The molecule has 88 valence electrons. The first-order chi connectivity index (χ1) is 8.08. The van der Waals surface area contributed by atoms with E-state index in [1.165, 1.54) is 11.1 Å². The maximum Gasteiger partial charge on any atom is 0.0421 e. The van der Waals surface area contributed by atoms with Crippen molar-refractivity contribution < 1.29 is 0 Å². The maximum atomic E-state index is 6.40. The number of nitrogens with two attached hydrogens (primary N) is 1. The van der Waals surface area contributed by atoms with E-state index in [-0.39, 0.29) is 5.54 Å². The first-order valence-corrected chi connectivity index (χ1v) is 6.46. The molecule has 17 heavy (non-hydrogen) atoms. The van der Waals surface area contributed by atoms with Gasteiger partial charge in [0.25, 0.3) is 0 Å². The highest BCUT2D eigenvalue weighted by Crippen LogP contribution is 2.23. The molecule has 0 spiro atoms. The van der Waals surface area contributed by atoms with E-state index in [1.54, 1.807) is 0 Å². The predicted octanol–water partition coefficient (Wildman–Crippen LogP) is 3.87. The SMILES string of the molecule is C[C@@](N)(Cc1cccc(Br)c1)c1ccccc1. The fraction of sp³-hybridized carbons (Fsp3) is 0.200. The summed E-state index contributed by atoms with van der Waals surface area (Å²) >= 11 is 3.49. The molecule has 0 radical (unpaired) electrons. The van der Waals surface area contributed by atoms with Gasteiger partial charge in [-0.15, -0.1) is 0 Å². The molecule has 0 aliphatic rings. The van der Waals surface area contributed by atoms with Crippen LogP contribution in [0.5, 0.6) is 0 Å². The van der Waals surface area contributed by atoms with Crippen LogP contribution in [0.15, 0.2) is 59.1 Å². The van der Waals surface area contributed by atoms with Crippen LogP contribution in [0.4, 0.5) is 0 Å². The fourth-order valence-electron chi connectivity index (χ4n) is 1.99. The highest BCUT2D eigenvalue weighted by Gasteiger charge is 2.21. The van der Waals surface area contributed by atoms with Crippen molar-refractivity contribution >= 4 is 15.9 Å². The molecular formula is C15H16BrN. The van der Waals surface area contributed by atoms with Crippen LogP contribution < -0.4 is 5.73 Å². The lowest BCUT2D eigenvalue weighted by molar-refractivity contribution is 0.491. The van der Waals surface area contributed by atoms with Crippen molar-refractivity contribution in [3.05, 3.63) is 70.2 Å². The van der Waals surface area contributed by atoms with E-state index in [4.69, 9.17) is 5.73 Å². The van der Waals surface area contributed by atoms with E-state index in [1.807, 2.05) is 30.3 Å². The molecule has 2 aromatic carbocycles. The lowest BCUT2D eigenvalue weighted by Crippen LogP contribution is -2.35. The minimum Gasteiger partial charge on any atom is -0.321 e. The molecule has 0 amide bonds. The second kappa shape index (κ2) is 5.03. The zero-order valence-electron chi connectivity index (χ0n) is 9.86. The molecule has 2 rings (SSSR count). The third-order valence-corrected chi connectivity index (χ3v) is 3.39. The highest BCUT2D eigenvalue weighted by molar-refractivity contribution is 9.10. The molecule has 2 N–H and O–H groups in total. The molecule has 1 nitrogen and oxygen atoms in total. The Morgan fingerprint density at radius 3 is 2.41 bits per heavy atom. The van der Waals surface area contributed by atoms with Crippen LogP contribution in [0, 0.1) is 0 Å². The van der Waals surface area contributed by atoms with Gasteiger partial charge in [-0.25, -0.2) is 0 Å². The molecule has 0 aliphatic carbocycles. The average molecular weight is 290 g/mol. The summed E-state index contributed by atoms with van der Waals surface area (Å²) in [4.78, 5) is 0. The van der Waals surface area contributed by atoms with E-state index >= 15 is 0 Å². The molecule has 0 aliphatic heterocycles. The molecule has 0 bridgehead atoms. The molecule has 2 heteroatoms. The Hall–Kier alpha value is -1.12. The summed E-state index contributed by atoms with van der Waals surface area (Å²) in [7, 11) is 0. The summed E-state index contributed by atoms with van der Waals surface area (Å²) in [5.41, 5.74) is 8.48. The molecule has 0 heterocycles. The first kappa shape index (κ1) is 12.3. The quantitative estimate of drug-likeness (QED) is 0.912.